The van der Waals surface area contributed by atoms with E-state index in [4.69, 9.17) is 10.5 Å². The van der Waals surface area contributed by atoms with Gasteiger partial charge in [0.05, 0.1) is 12.3 Å². The molecule has 0 fully saturated rings. The van der Waals surface area contributed by atoms with Crippen LogP contribution in [0.2, 0.25) is 0 Å². The summed E-state index contributed by atoms with van der Waals surface area (Å²) in [5.41, 5.74) is 5.48. The number of nitrogens with two attached hydrogens (primary N) is 1. The van der Waals surface area contributed by atoms with E-state index in [9.17, 15) is 9.18 Å². The van der Waals surface area contributed by atoms with E-state index >= 15 is 0 Å². The Morgan fingerprint density at radius 1 is 1.45 bits per heavy atom. The van der Waals surface area contributed by atoms with E-state index in [0.29, 0.717) is 31.7 Å². The molecule has 1 aromatic carbocycles. The van der Waals surface area contributed by atoms with Gasteiger partial charge in [-0.2, -0.15) is 0 Å². The Morgan fingerprint density at radius 3 is 2.70 bits per heavy atom. The molecule has 1 aromatic rings. The molecule has 4 nitrogen and oxygen atoms in total. The number of carbonyl (C=O) groups excluding carboxylic acids is 1. The summed E-state index contributed by atoms with van der Waals surface area (Å²) in [4.78, 5) is 13.5. The maximum atomic E-state index is 13.6. The van der Waals surface area contributed by atoms with Crippen LogP contribution in [0.25, 0.3) is 0 Å². The summed E-state index contributed by atoms with van der Waals surface area (Å²) in [7, 11) is 1.82. The number of rotatable bonds is 7. The Balaban J connectivity index is 2.48. The summed E-state index contributed by atoms with van der Waals surface area (Å²) in [6.07, 6.45) is 1.17. The molecule has 0 spiro atoms. The quantitative estimate of drug-likeness (QED) is 0.780. The molecule has 0 heterocycles. The van der Waals surface area contributed by atoms with Crippen LogP contribution in [0.5, 0.6) is 0 Å². The molecule has 0 saturated carbocycles. The number of ether oxygens (including phenoxy) is 1. The van der Waals surface area contributed by atoms with Gasteiger partial charge < -0.3 is 15.4 Å². The van der Waals surface area contributed by atoms with E-state index < -0.39 is 11.5 Å². The number of anilines is 1. The molecule has 112 valence electrons. The molecule has 0 saturated heterocycles. The van der Waals surface area contributed by atoms with Gasteiger partial charge in [0.25, 0.3) is 0 Å². The van der Waals surface area contributed by atoms with Gasteiger partial charge in [0, 0.05) is 13.6 Å². The Hall–Kier alpha value is -1.62. The molecule has 2 N–H and O–H groups in total. The normalized spacial score (nSPS) is 13.7. The van der Waals surface area contributed by atoms with Crippen molar-refractivity contribution >= 4 is 11.7 Å². The van der Waals surface area contributed by atoms with E-state index in [-0.39, 0.29) is 5.82 Å². The van der Waals surface area contributed by atoms with Crippen LogP contribution in [0.1, 0.15) is 26.7 Å². The summed E-state index contributed by atoms with van der Waals surface area (Å²) < 4.78 is 18.5. The van der Waals surface area contributed by atoms with Gasteiger partial charge in [-0.05, 0) is 38.8 Å². The molecular formula is C15H23FN2O2. The van der Waals surface area contributed by atoms with Gasteiger partial charge in [-0.25, -0.2) is 4.39 Å². The molecule has 1 unspecified atom stereocenters. The number of nitrogens with zero attached hydrogens (tertiary/aromatic N) is 1. The molecule has 20 heavy (non-hydrogen) atoms. The Labute approximate surface area is 119 Å². The first-order chi connectivity index (χ1) is 9.38. The van der Waals surface area contributed by atoms with Crippen molar-refractivity contribution in [3.63, 3.8) is 0 Å². The SMILES string of the molecule is CCOC(=O)C(C)(N)CCCN(C)c1ccccc1F. The maximum absolute atomic E-state index is 13.6. The van der Waals surface area contributed by atoms with Gasteiger partial charge >= 0.3 is 5.97 Å². The predicted molar refractivity (Wildman–Crippen MR) is 78.1 cm³/mol. The lowest BCUT2D eigenvalue weighted by molar-refractivity contribution is -0.149. The zero-order valence-electron chi connectivity index (χ0n) is 12.4. The summed E-state index contributed by atoms with van der Waals surface area (Å²) in [6, 6.07) is 6.60. The van der Waals surface area contributed by atoms with Crippen molar-refractivity contribution in [3.05, 3.63) is 30.1 Å². The Bertz CT molecular complexity index is 449. The van der Waals surface area contributed by atoms with Crippen molar-refractivity contribution in [3.8, 4) is 0 Å². The monoisotopic (exact) mass is 282 g/mol. The smallest absolute Gasteiger partial charge is 0.325 e. The minimum Gasteiger partial charge on any atom is -0.465 e. The van der Waals surface area contributed by atoms with Crippen LogP contribution in [-0.4, -0.2) is 31.7 Å². The highest BCUT2D eigenvalue weighted by molar-refractivity contribution is 5.79. The van der Waals surface area contributed by atoms with E-state index in [0.717, 1.165) is 0 Å². The van der Waals surface area contributed by atoms with Crippen LogP contribution in [0, 0.1) is 5.82 Å². The molecule has 0 aromatic heterocycles. The molecule has 1 rings (SSSR count). The summed E-state index contributed by atoms with van der Waals surface area (Å²) in [5, 5.41) is 0. The van der Waals surface area contributed by atoms with Crippen molar-refractivity contribution in [1.29, 1.82) is 0 Å². The Kier molecular flexibility index (Phi) is 5.95. The zero-order valence-corrected chi connectivity index (χ0v) is 12.4. The molecule has 5 heteroatoms. The second-order valence-electron chi connectivity index (χ2n) is 5.11. The molecule has 0 aliphatic rings. The first-order valence-electron chi connectivity index (χ1n) is 6.80. The number of para-hydroxylation sites is 1. The van der Waals surface area contributed by atoms with Crippen molar-refractivity contribution in [1.82, 2.24) is 0 Å². The highest BCUT2D eigenvalue weighted by atomic mass is 19.1. The van der Waals surface area contributed by atoms with Crippen molar-refractivity contribution < 1.29 is 13.9 Å². The fraction of sp³-hybridized carbons (Fsp3) is 0.533. The van der Waals surface area contributed by atoms with E-state index in [1.807, 2.05) is 11.9 Å². The largest absolute Gasteiger partial charge is 0.465 e. The molecule has 0 radical (unpaired) electrons. The topological polar surface area (TPSA) is 55.6 Å². The fourth-order valence-corrected chi connectivity index (χ4v) is 1.96. The number of halogens is 1. The van der Waals surface area contributed by atoms with Crippen LogP contribution < -0.4 is 10.6 Å². The first kappa shape index (κ1) is 16.4. The van der Waals surface area contributed by atoms with Gasteiger partial charge in [-0.15, -0.1) is 0 Å². The van der Waals surface area contributed by atoms with E-state index in [1.54, 1.807) is 32.0 Å². The zero-order chi connectivity index (χ0) is 15.2. The van der Waals surface area contributed by atoms with Crippen molar-refractivity contribution in [2.24, 2.45) is 5.73 Å². The second kappa shape index (κ2) is 7.24. The van der Waals surface area contributed by atoms with Crippen molar-refractivity contribution in [2.75, 3.05) is 25.1 Å². The number of hydrogen-bond acceptors (Lipinski definition) is 4. The molecule has 1 atom stereocenters. The van der Waals surface area contributed by atoms with Crippen LogP contribution >= 0.6 is 0 Å². The van der Waals surface area contributed by atoms with Crippen molar-refractivity contribution in [2.45, 2.75) is 32.2 Å². The lowest BCUT2D eigenvalue weighted by Crippen LogP contribution is -2.46. The highest BCUT2D eigenvalue weighted by Gasteiger charge is 2.29. The van der Waals surface area contributed by atoms with Gasteiger partial charge in [0.1, 0.15) is 11.4 Å². The van der Waals surface area contributed by atoms with Gasteiger partial charge in [0.15, 0.2) is 0 Å². The highest BCUT2D eigenvalue weighted by Crippen LogP contribution is 2.18. The van der Waals surface area contributed by atoms with Crippen LogP contribution in [0.3, 0.4) is 0 Å². The molecule has 0 aliphatic carbocycles. The second-order valence-corrected chi connectivity index (χ2v) is 5.11. The summed E-state index contributed by atoms with van der Waals surface area (Å²) in [6.45, 7) is 4.35. The van der Waals surface area contributed by atoms with Crippen LogP contribution in [0.15, 0.2) is 24.3 Å². The number of carbonyl (C=O) groups is 1. The van der Waals surface area contributed by atoms with Gasteiger partial charge in [0.2, 0.25) is 0 Å². The van der Waals surface area contributed by atoms with Crippen LogP contribution in [-0.2, 0) is 9.53 Å². The first-order valence-corrected chi connectivity index (χ1v) is 6.80. The minimum absolute atomic E-state index is 0.254. The summed E-state index contributed by atoms with van der Waals surface area (Å²) in [5.74, 6) is -0.649. The van der Waals surface area contributed by atoms with Gasteiger partial charge in [-0.3, -0.25) is 4.79 Å². The Morgan fingerprint density at radius 2 is 2.10 bits per heavy atom. The average Bonchev–Trinajstić information content (AvgIpc) is 2.39. The number of hydrogen-bond donors (Lipinski definition) is 1. The average molecular weight is 282 g/mol. The fourth-order valence-electron chi connectivity index (χ4n) is 1.96. The lowest BCUT2D eigenvalue weighted by Gasteiger charge is -2.25. The third-order valence-electron chi connectivity index (χ3n) is 3.20. The maximum Gasteiger partial charge on any atom is 0.325 e. The third kappa shape index (κ3) is 4.49. The van der Waals surface area contributed by atoms with Gasteiger partial charge in [-0.1, -0.05) is 12.1 Å². The standard InChI is InChI=1S/C15H23FN2O2/c1-4-20-14(19)15(2,17)10-7-11-18(3)13-9-6-5-8-12(13)16/h5-6,8-9H,4,7,10-11,17H2,1-3H3. The summed E-state index contributed by atoms with van der Waals surface area (Å²) >= 11 is 0. The lowest BCUT2D eigenvalue weighted by atomic mass is 9.97. The van der Waals surface area contributed by atoms with Crippen LogP contribution in [0.4, 0.5) is 10.1 Å². The molecule has 0 amide bonds. The molecule has 0 bridgehead atoms. The minimum atomic E-state index is -0.994. The number of benzene rings is 1. The predicted octanol–water partition coefficient (Wildman–Crippen LogP) is 2.32. The number of esters is 1. The molecular weight excluding hydrogens is 259 g/mol. The third-order valence-corrected chi connectivity index (χ3v) is 3.20. The molecule has 0 aliphatic heterocycles. The van der Waals surface area contributed by atoms with E-state index in [1.165, 1.54) is 6.07 Å². The van der Waals surface area contributed by atoms with E-state index in [2.05, 4.69) is 0 Å².